The third kappa shape index (κ3) is 3.90. The van der Waals surface area contributed by atoms with E-state index in [0.29, 0.717) is 11.6 Å². The molecule has 1 amide bonds. The van der Waals surface area contributed by atoms with Gasteiger partial charge in [-0.05, 0) is 48.4 Å². The second-order valence-electron chi connectivity index (χ2n) is 6.84. The van der Waals surface area contributed by atoms with Crippen LogP contribution >= 0.6 is 23.2 Å². The molecule has 5 nitrogen and oxygen atoms in total. The first-order valence-electron chi connectivity index (χ1n) is 9.29. The van der Waals surface area contributed by atoms with Crippen LogP contribution in [-0.4, -0.2) is 27.4 Å². The van der Waals surface area contributed by atoms with Gasteiger partial charge in [0.05, 0.1) is 15.6 Å². The molecule has 1 heterocycles. The normalized spacial score (nSPS) is 13.2. The van der Waals surface area contributed by atoms with Crippen molar-refractivity contribution in [1.82, 2.24) is 0 Å². The molecule has 30 heavy (non-hydrogen) atoms. The first-order chi connectivity index (χ1) is 14.4. The number of nitrogens with zero attached hydrogens (tertiary/aromatic N) is 2. The van der Waals surface area contributed by atoms with Gasteiger partial charge in [0.15, 0.2) is 0 Å². The van der Waals surface area contributed by atoms with Crippen molar-refractivity contribution in [3.8, 4) is 0 Å². The molecule has 0 aliphatic carbocycles. The summed E-state index contributed by atoms with van der Waals surface area (Å²) >= 11 is 12.3. The van der Waals surface area contributed by atoms with Crippen molar-refractivity contribution in [2.75, 3.05) is 22.3 Å². The van der Waals surface area contributed by atoms with Crippen LogP contribution in [0.2, 0.25) is 10.0 Å². The largest absolute Gasteiger partial charge is 0.310 e. The fourth-order valence-electron chi connectivity index (χ4n) is 3.51. The van der Waals surface area contributed by atoms with Gasteiger partial charge in [-0.2, -0.15) is 0 Å². The molecular weight excluding hydrogens is 443 g/mol. The van der Waals surface area contributed by atoms with Gasteiger partial charge < -0.3 is 4.90 Å². The van der Waals surface area contributed by atoms with E-state index in [-0.39, 0.29) is 28.1 Å². The second kappa shape index (κ2) is 8.30. The Morgan fingerprint density at radius 3 is 2.40 bits per heavy atom. The Morgan fingerprint density at radius 2 is 1.67 bits per heavy atom. The van der Waals surface area contributed by atoms with Crippen LogP contribution in [0, 0.1) is 0 Å². The second-order valence-corrected chi connectivity index (χ2v) is 9.55. The number of rotatable bonds is 5. The summed E-state index contributed by atoms with van der Waals surface area (Å²) in [6.45, 7) is 0.124. The maximum Gasteiger partial charge on any atom is 0.264 e. The molecule has 0 fully saturated rings. The van der Waals surface area contributed by atoms with Gasteiger partial charge in [-0.15, -0.1) is 0 Å². The fourth-order valence-corrected chi connectivity index (χ4v) is 5.52. The minimum Gasteiger partial charge on any atom is -0.310 e. The van der Waals surface area contributed by atoms with E-state index in [2.05, 4.69) is 0 Å². The molecule has 0 unspecified atom stereocenters. The Labute approximate surface area is 185 Å². The van der Waals surface area contributed by atoms with E-state index in [4.69, 9.17) is 23.2 Å². The summed E-state index contributed by atoms with van der Waals surface area (Å²) in [6, 6.07) is 20.1. The minimum atomic E-state index is -4.03. The third-order valence-electron chi connectivity index (χ3n) is 4.98. The molecule has 0 saturated heterocycles. The molecule has 1 aliphatic heterocycles. The smallest absolute Gasteiger partial charge is 0.264 e. The van der Waals surface area contributed by atoms with Gasteiger partial charge >= 0.3 is 0 Å². The number of hydrogen-bond acceptors (Lipinski definition) is 3. The summed E-state index contributed by atoms with van der Waals surface area (Å²) in [5.74, 6) is -0.328. The van der Waals surface area contributed by atoms with Crippen LogP contribution in [0.25, 0.3) is 0 Å². The van der Waals surface area contributed by atoms with Crippen molar-refractivity contribution in [3.05, 3.63) is 88.4 Å². The van der Waals surface area contributed by atoms with E-state index in [1.807, 2.05) is 24.3 Å². The van der Waals surface area contributed by atoms with Crippen molar-refractivity contribution in [3.63, 3.8) is 0 Å². The van der Waals surface area contributed by atoms with Crippen molar-refractivity contribution in [2.45, 2.75) is 11.3 Å². The van der Waals surface area contributed by atoms with Gasteiger partial charge in [-0.25, -0.2) is 8.42 Å². The molecule has 0 atom stereocenters. The number of anilines is 2. The van der Waals surface area contributed by atoms with Crippen molar-refractivity contribution >= 4 is 50.5 Å². The van der Waals surface area contributed by atoms with Crippen LogP contribution in [0.15, 0.2) is 77.7 Å². The molecule has 3 aromatic rings. The molecule has 3 aromatic carbocycles. The average Bonchev–Trinajstić information content (AvgIpc) is 3.17. The van der Waals surface area contributed by atoms with Crippen LogP contribution < -0.4 is 9.21 Å². The zero-order valence-electron chi connectivity index (χ0n) is 15.8. The lowest BCUT2D eigenvalue weighted by Gasteiger charge is -2.27. The molecule has 0 aromatic heterocycles. The Morgan fingerprint density at radius 1 is 0.967 bits per heavy atom. The Balaban J connectivity index is 1.74. The number of hydrogen-bond donors (Lipinski definition) is 0. The zero-order valence-corrected chi connectivity index (χ0v) is 18.2. The van der Waals surface area contributed by atoms with Crippen molar-refractivity contribution in [2.24, 2.45) is 0 Å². The Bertz CT molecular complexity index is 1200. The van der Waals surface area contributed by atoms with Crippen LogP contribution in [0.1, 0.15) is 5.56 Å². The molecule has 4 rings (SSSR count). The van der Waals surface area contributed by atoms with Crippen LogP contribution in [0.3, 0.4) is 0 Å². The third-order valence-corrected chi connectivity index (χ3v) is 7.29. The number of fused-ring (bicyclic) bond motifs is 1. The molecule has 1 aliphatic rings. The molecule has 8 heteroatoms. The monoisotopic (exact) mass is 460 g/mol. The van der Waals surface area contributed by atoms with E-state index in [1.165, 1.54) is 24.3 Å². The summed E-state index contributed by atoms with van der Waals surface area (Å²) in [5, 5.41) is 0.525. The number of carbonyl (C=O) groups excluding carboxylic acids is 1. The number of sulfonamides is 1. The average molecular weight is 461 g/mol. The fraction of sp³-hybridized carbons (Fsp3) is 0.136. The summed E-state index contributed by atoms with van der Waals surface area (Å²) in [5.41, 5.74) is 2.07. The zero-order chi connectivity index (χ0) is 21.3. The number of benzene rings is 3. The number of carbonyl (C=O) groups is 1. The van der Waals surface area contributed by atoms with Gasteiger partial charge in [0, 0.05) is 17.3 Å². The van der Waals surface area contributed by atoms with Crippen molar-refractivity contribution in [1.29, 1.82) is 0 Å². The first kappa shape index (κ1) is 20.7. The topological polar surface area (TPSA) is 57.7 Å². The molecule has 0 bridgehead atoms. The summed E-state index contributed by atoms with van der Waals surface area (Å²) in [6.07, 6.45) is 0.731. The van der Waals surface area contributed by atoms with Crippen LogP contribution in [-0.2, 0) is 21.2 Å². The Hall–Kier alpha value is -2.54. The maximum atomic E-state index is 13.4. The van der Waals surface area contributed by atoms with E-state index < -0.39 is 10.0 Å². The number of amides is 1. The summed E-state index contributed by atoms with van der Waals surface area (Å²) < 4.78 is 27.9. The van der Waals surface area contributed by atoms with Gasteiger partial charge in [-0.3, -0.25) is 9.10 Å². The number of para-hydroxylation sites is 1. The highest BCUT2D eigenvalue weighted by Gasteiger charge is 2.32. The lowest BCUT2D eigenvalue weighted by atomic mass is 10.2. The van der Waals surface area contributed by atoms with E-state index in [9.17, 15) is 13.2 Å². The van der Waals surface area contributed by atoms with Crippen LogP contribution in [0.4, 0.5) is 11.4 Å². The Kier molecular flexibility index (Phi) is 5.73. The van der Waals surface area contributed by atoms with E-state index >= 15 is 0 Å². The van der Waals surface area contributed by atoms with E-state index in [1.54, 1.807) is 29.2 Å². The molecule has 0 radical (unpaired) electrons. The summed E-state index contributed by atoms with van der Waals surface area (Å²) in [7, 11) is -4.03. The van der Waals surface area contributed by atoms with E-state index in [0.717, 1.165) is 22.0 Å². The lowest BCUT2D eigenvalue weighted by molar-refractivity contribution is -0.117. The lowest BCUT2D eigenvalue weighted by Crippen LogP contribution is -2.42. The van der Waals surface area contributed by atoms with Gasteiger partial charge in [-0.1, -0.05) is 59.6 Å². The SMILES string of the molecule is O=C(CN(c1ccc(Cl)cc1Cl)S(=O)(=O)c1ccccc1)N1CCc2ccccc21. The predicted molar refractivity (Wildman–Crippen MR) is 120 cm³/mol. The standard InChI is InChI=1S/C22H18Cl2N2O3S/c23-17-10-11-21(19(24)14-17)26(30(28,29)18-7-2-1-3-8-18)15-22(27)25-13-12-16-6-4-5-9-20(16)25/h1-11,14H,12-13,15H2. The molecule has 0 spiro atoms. The highest BCUT2D eigenvalue weighted by molar-refractivity contribution is 7.92. The first-order valence-corrected chi connectivity index (χ1v) is 11.5. The van der Waals surface area contributed by atoms with Gasteiger partial charge in [0.25, 0.3) is 10.0 Å². The van der Waals surface area contributed by atoms with Crippen molar-refractivity contribution < 1.29 is 13.2 Å². The van der Waals surface area contributed by atoms with Crippen LogP contribution in [0.5, 0.6) is 0 Å². The van der Waals surface area contributed by atoms with Gasteiger partial charge in [0.1, 0.15) is 6.54 Å². The minimum absolute atomic E-state index is 0.0747. The molecular formula is C22H18Cl2N2O3S. The molecule has 0 saturated carbocycles. The molecule has 0 N–H and O–H groups in total. The highest BCUT2D eigenvalue weighted by Crippen LogP contribution is 2.34. The maximum absolute atomic E-state index is 13.4. The number of halogens is 2. The quantitative estimate of drug-likeness (QED) is 0.550. The highest BCUT2D eigenvalue weighted by atomic mass is 35.5. The summed E-state index contributed by atoms with van der Waals surface area (Å²) in [4.78, 5) is 14.9. The van der Waals surface area contributed by atoms with Gasteiger partial charge in [0.2, 0.25) is 5.91 Å². The predicted octanol–water partition coefficient (Wildman–Crippen LogP) is 4.78. The molecule has 154 valence electrons.